The normalized spacial score (nSPS) is 13.2. The van der Waals surface area contributed by atoms with E-state index in [-0.39, 0.29) is 0 Å². The predicted molar refractivity (Wildman–Crippen MR) is 76.3 cm³/mol. The number of thioether (sulfide) groups is 1. The van der Waals surface area contributed by atoms with E-state index in [0.717, 1.165) is 29.7 Å². The summed E-state index contributed by atoms with van der Waals surface area (Å²) < 4.78 is 5.74. The number of furan rings is 1. The molecule has 0 aliphatic heterocycles. The second kappa shape index (κ2) is 7.83. The summed E-state index contributed by atoms with van der Waals surface area (Å²) in [4.78, 5) is 0. The largest absolute Gasteiger partial charge is 0.464 e. The summed E-state index contributed by atoms with van der Waals surface area (Å²) in [5, 5.41) is 3.56. The van der Waals surface area contributed by atoms with Crippen molar-refractivity contribution in [2.45, 2.75) is 52.0 Å². The van der Waals surface area contributed by atoms with Gasteiger partial charge in [0.25, 0.3) is 0 Å². The van der Waals surface area contributed by atoms with Crippen LogP contribution in [-0.4, -0.2) is 12.3 Å². The van der Waals surface area contributed by atoms with E-state index in [1.165, 1.54) is 12.8 Å². The van der Waals surface area contributed by atoms with Gasteiger partial charge in [-0.1, -0.05) is 26.7 Å². The van der Waals surface area contributed by atoms with Crippen LogP contribution in [0, 0.1) is 5.92 Å². The highest BCUT2D eigenvalue weighted by Gasteiger charge is 2.13. The molecule has 2 nitrogen and oxygen atoms in total. The zero-order valence-electron chi connectivity index (χ0n) is 11.5. The molecule has 0 spiro atoms. The molecule has 0 aliphatic carbocycles. The van der Waals surface area contributed by atoms with Crippen molar-refractivity contribution in [3.8, 4) is 0 Å². The Kier molecular flexibility index (Phi) is 6.75. The van der Waals surface area contributed by atoms with Gasteiger partial charge in [-0.05, 0) is 31.2 Å². The second-order valence-corrected chi connectivity index (χ2v) is 5.41. The van der Waals surface area contributed by atoms with Gasteiger partial charge in [0, 0.05) is 6.04 Å². The molecular formula is C14H25NOS. The van der Waals surface area contributed by atoms with Crippen LogP contribution in [0.4, 0.5) is 0 Å². The topological polar surface area (TPSA) is 25.2 Å². The Morgan fingerprint density at radius 3 is 2.47 bits per heavy atom. The third kappa shape index (κ3) is 4.76. The Balaban J connectivity index is 2.38. The molecule has 1 N–H and O–H groups in total. The van der Waals surface area contributed by atoms with Gasteiger partial charge in [0.15, 0.2) is 0 Å². The van der Waals surface area contributed by atoms with Crippen molar-refractivity contribution in [3.05, 3.63) is 23.7 Å². The van der Waals surface area contributed by atoms with Crippen molar-refractivity contribution in [1.82, 2.24) is 5.32 Å². The lowest BCUT2D eigenvalue weighted by atomic mass is 9.95. The molecule has 1 atom stereocenters. The fourth-order valence-corrected chi connectivity index (χ4v) is 2.60. The van der Waals surface area contributed by atoms with Gasteiger partial charge in [0.2, 0.25) is 0 Å². The van der Waals surface area contributed by atoms with Crippen molar-refractivity contribution < 1.29 is 4.42 Å². The lowest BCUT2D eigenvalue weighted by Crippen LogP contribution is -2.32. The maximum Gasteiger partial charge on any atom is 0.118 e. The number of rotatable bonds is 8. The summed E-state index contributed by atoms with van der Waals surface area (Å²) in [6.07, 6.45) is 4.57. The monoisotopic (exact) mass is 255 g/mol. The minimum absolute atomic E-state index is 0.555. The third-order valence-electron chi connectivity index (χ3n) is 3.36. The van der Waals surface area contributed by atoms with Crippen LogP contribution in [0.15, 0.2) is 16.5 Å². The van der Waals surface area contributed by atoms with E-state index in [0.29, 0.717) is 6.04 Å². The third-order valence-corrected chi connectivity index (χ3v) is 3.93. The zero-order chi connectivity index (χ0) is 12.7. The maximum atomic E-state index is 5.74. The molecule has 0 aromatic carbocycles. The molecule has 1 aromatic rings. The number of hydrogen-bond donors (Lipinski definition) is 1. The predicted octanol–water partition coefficient (Wildman–Crippen LogP) is 4.06. The molecule has 0 fully saturated rings. The van der Waals surface area contributed by atoms with Crippen molar-refractivity contribution in [2.24, 2.45) is 5.92 Å². The van der Waals surface area contributed by atoms with Gasteiger partial charge in [-0.15, -0.1) is 0 Å². The van der Waals surface area contributed by atoms with Gasteiger partial charge < -0.3 is 9.73 Å². The number of hydrogen-bond acceptors (Lipinski definition) is 3. The lowest BCUT2D eigenvalue weighted by molar-refractivity contribution is 0.338. The van der Waals surface area contributed by atoms with Crippen LogP contribution >= 0.6 is 11.8 Å². The Morgan fingerprint density at radius 2 is 1.88 bits per heavy atom. The summed E-state index contributed by atoms with van der Waals surface area (Å²) in [5.74, 6) is 3.84. The average molecular weight is 255 g/mol. The molecule has 0 radical (unpaired) electrons. The second-order valence-electron chi connectivity index (χ2n) is 4.55. The van der Waals surface area contributed by atoms with Crippen LogP contribution in [0.3, 0.4) is 0 Å². The van der Waals surface area contributed by atoms with Crippen molar-refractivity contribution in [2.75, 3.05) is 6.26 Å². The molecule has 0 saturated carbocycles. The first-order valence-electron chi connectivity index (χ1n) is 6.51. The van der Waals surface area contributed by atoms with Crippen LogP contribution in [0.1, 0.15) is 45.1 Å². The van der Waals surface area contributed by atoms with Gasteiger partial charge in [-0.3, -0.25) is 0 Å². The molecule has 0 bridgehead atoms. The fraction of sp³-hybridized carbons (Fsp3) is 0.714. The van der Waals surface area contributed by atoms with E-state index in [9.17, 15) is 0 Å². The summed E-state index contributed by atoms with van der Waals surface area (Å²) in [5.41, 5.74) is 0. The maximum absolute atomic E-state index is 5.74. The van der Waals surface area contributed by atoms with Crippen LogP contribution in [0.2, 0.25) is 0 Å². The van der Waals surface area contributed by atoms with Gasteiger partial charge in [-0.2, -0.15) is 11.8 Å². The average Bonchev–Trinajstić information content (AvgIpc) is 2.76. The molecule has 1 heterocycles. The first kappa shape index (κ1) is 14.7. The molecular weight excluding hydrogens is 230 g/mol. The Bertz CT molecular complexity index is 307. The van der Waals surface area contributed by atoms with Gasteiger partial charge >= 0.3 is 0 Å². The molecule has 0 amide bonds. The van der Waals surface area contributed by atoms with Crippen LogP contribution < -0.4 is 5.32 Å². The summed E-state index contributed by atoms with van der Waals surface area (Å²) in [6, 6.07) is 4.71. The SMILES string of the molecule is CCC(CC)C(C)NCc1ccc(CSC)o1. The summed E-state index contributed by atoms with van der Waals surface area (Å²) >= 11 is 1.79. The quantitative estimate of drug-likeness (QED) is 0.758. The molecule has 1 aromatic heterocycles. The molecule has 1 rings (SSSR count). The molecule has 1 unspecified atom stereocenters. The number of nitrogens with one attached hydrogen (secondary N) is 1. The van der Waals surface area contributed by atoms with E-state index in [1.54, 1.807) is 11.8 Å². The minimum Gasteiger partial charge on any atom is -0.464 e. The standard InChI is InChI=1S/C14H25NOS/c1-5-12(6-2)11(3)15-9-13-7-8-14(16-13)10-17-4/h7-8,11-12,15H,5-6,9-10H2,1-4H3. The molecule has 0 saturated heterocycles. The van der Waals surface area contributed by atoms with Crippen LogP contribution in [0.25, 0.3) is 0 Å². The van der Waals surface area contributed by atoms with Crippen molar-refractivity contribution in [3.63, 3.8) is 0 Å². The highest BCUT2D eigenvalue weighted by molar-refractivity contribution is 7.97. The minimum atomic E-state index is 0.555. The van der Waals surface area contributed by atoms with E-state index >= 15 is 0 Å². The highest BCUT2D eigenvalue weighted by Crippen LogP contribution is 2.15. The Labute approximate surface area is 110 Å². The van der Waals surface area contributed by atoms with E-state index in [2.05, 4.69) is 44.5 Å². The molecule has 3 heteroatoms. The molecule has 98 valence electrons. The summed E-state index contributed by atoms with van der Waals surface area (Å²) in [7, 11) is 0. The van der Waals surface area contributed by atoms with E-state index < -0.39 is 0 Å². The van der Waals surface area contributed by atoms with Crippen molar-refractivity contribution >= 4 is 11.8 Å². The lowest BCUT2D eigenvalue weighted by Gasteiger charge is -2.21. The zero-order valence-corrected chi connectivity index (χ0v) is 12.3. The van der Waals surface area contributed by atoms with Crippen LogP contribution in [-0.2, 0) is 12.3 Å². The van der Waals surface area contributed by atoms with Crippen LogP contribution in [0.5, 0.6) is 0 Å². The van der Waals surface area contributed by atoms with Crippen molar-refractivity contribution in [1.29, 1.82) is 0 Å². The van der Waals surface area contributed by atoms with E-state index in [4.69, 9.17) is 4.42 Å². The Morgan fingerprint density at radius 1 is 1.24 bits per heavy atom. The summed E-state index contributed by atoms with van der Waals surface area (Å²) in [6.45, 7) is 7.63. The van der Waals surface area contributed by atoms with Gasteiger partial charge in [0.05, 0.1) is 12.3 Å². The van der Waals surface area contributed by atoms with E-state index in [1.807, 2.05) is 0 Å². The smallest absolute Gasteiger partial charge is 0.118 e. The van der Waals surface area contributed by atoms with Gasteiger partial charge in [0.1, 0.15) is 11.5 Å². The van der Waals surface area contributed by atoms with Gasteiger partial charge in [-0.25, -0.2) is 0 Å². The Hall–Kier alpha value is -0.410. The molecule has 0 aliphatic rings. The fourth-order valence-electron chi connectivity index (χ4n) is 2.16. The first-order valence-corrected chi connectivity index (χ1v) is 7.90. The first-order chi connectivity index (χ1) is 8.21. The molecule has 17 heavy (non-hydrogen) atoms. The highest BCUT2D eigenvalue weighted by atomic mass is 32.2.